The fourth-order valence-corrected chi connectivity index (χ4v) is 5.43. The molecule has 0 radical (unpaired) electrons. The number of carboxylic acids is 1. The van der Waals surface area contributed by atoms with Crippen LogP contribution < -0.4 is 14.4 Å². The molecule has 1 aromatic carbocycles. The Hall–Kier alpha value is -3.31. The number of methoxy groups -OCH3 is 1. The van der Waals surface area contributed by atoms with Crippen molar-refractivity contribution in [1.29, 1.82) is 0 Å². The van der Waals surface area contributed by atoms with Gasteiger partial charge >= 0.3 is 12.1 Å². The number of aliphatic carboxylic acids is 1. The fraction of sp³-hybridized carbons (Fsp3) is 0.621. The number of benzene rings is 1. The highest BCUT2D eigenvalue weighted by Crippen LogP contribution is 2.42. The first-order valence-corrected chi connectivity index (χ1v) is 14.2. The third-order valence-electron chi connectivity index (χ3n) is 7.41. The van der Waals surface area contributed by atoms with Crippen molar-refractivity contribution >= 4 is 23.7 Å². The van der Waals surface area contributed by atoms with Crippen LogP contribution >= 0.6 is 0 Å². The molecular formula is C29H40N2O9. The first-order valence-electron chi connectivity index (χ1n) is 14.2. The summed E-state index contributed by atoms with van der Waals surface area (Å²) in [5.41, 5.74) is 0.611. The highest BCUT2D eigenvalue weighted by molar-refractivity contribution is 6.06. The van der Waals surface area contributed by atoms with Crippen molar-refractivity contribution in [3.05, 3.63) is 30.4 Å². The number of unbranched alkanes of at least 4 members (excludes halogenated alkanes) is 2. The van der Waals surface area contributed by atoms with Crippen LogP contribution in [0.3, 0.4) is 0 Å². The lowest BCUT2D eigenvalue weighted by Gasteiger charge is -2.42. The summed E-state index contributed by atoms with van der Waals surface area (Å²) in [6.07, 6.45) is 6.48. The summed E-state index contributed by atoms with van der Waals surface area (Å²) >= 11 is 0. The monoisotopic (exact) mass is 560 g/mol. The molecule has 0 saturated carbocycles. The number of fused-ring (bicyclic) bond motifs is 2. The quantitative estimate of drug-likeness (QED) is 0.285. The van der Waals surface area contributed by atoms with Gasteiger partial charge in [-0.3, -0.25) is 9.59 Å². The standard InChI is InChI=1S/C29H40N2O9/c1-3-15-39-29(35)31-22-19-24(37-16-9-4-5-12-25(32)33)23(36-2)18-20(22)27(34)30-14-8-6-11-21(30)28(31)40-26-13-7-10-17-38-26/h3,18-19,21,26,28H,1,4-17H2,2H3,(H,32,33)/t21-,26?,28?/m0/s1. The van der Waals surface area contributed by atoms with Crippen LogP contribution in [-0.4, -0.2) is 80.0 Å². The topological polar surface area (TPSA) is 124 Å². The van der Waals surface area contributed by atoms with E-state index in [1.54, 1.807) is 17.0 Å². The van der Waals surface area contributed by atoms with Crippen molar-refractivity contribution in [2.45, 2.75) is 82.8 Å². The van der Waals surface area contributed by atoms with E-state index in [0.717, 1.165) is 25.7 Å². The van der Waals surface area contributed by atoms with Crippen molar-refractivity contribution in [3.63, 3.8) is 0 Å². The van der Waals surface area contributed by atoms with Crippen molar-refractivity contribution in [1.82, 2.24) is 4.90 Å². The van der Waals surface area contributed by atoms with E-state index in [1.807, 2.05) is 0 Å². The maximum absolute atomic E-state index is 14.0. The van der Waals surface area contributed by atoms with Crippen molar-refractivity contribution in [2.75, 3.05) is 38.4 Å². The Bertz CT molecular complexity index is 1060. The fourth-order valence-electron chi connectivity index (χ4n) is 5.43. The minimum absolute atomic E-state index is 0.00447. The zero-order chi connectivity index (χ0) is 28.5. The van der Waals surface area contributed by atoms with E-state index in [4.69, 9.17) is 28.8 Å². The van der Waals surface area contributed by atoms with Gasteiger partial charge in [0.25, 0.3) is 5.91 Å². The molecule has 4 rings (SSSR count). The second-order valence-electron chi connectivity index (χ2n) is 10.2. The summed E-state index contributed by atoms with van der Waals surface area (Å²) in [4.78, 5) is 41.6. The Morgan fingerprint density at radius 1 is 1.12 bits per heavy atom. The molecule has 2 fully saturated rings. The minimum atomic E-state index is -0.830. The molecule has 1 aromatic rings. The number of piperidine rings is 1. The highest BCUT2D eigenvalue weighted by atomic mass is 16.7. The first-order chi connectivity index (χ1) is 19.4. The Morgan fingerprint density at radius 2 is 1.95 bits per heavy atom. The number of carbonyl (C=O) groups is 3. The van der Waals surface area contributed by atoms with Gasteiger partial charge in [0.2, 0.25) is 0 Å². The van der Waals surface area contributed by atoms with Gasteiger partial charge < -0.3 is 33.7 Å². The molecule has 220 valence electrons. The van der Waals surface area contributed by atoms with Crippen LogP contribution in [-0.2, 0) is 19.0 Å². The first kappa shape index (κ1) is 29.7. The molecule has 0 aromatic heterocycles. The number of amides is 2. The van der Waals surface area contributed by atoms with E-state index in [0.29, 0.717) is 74.6 Å². The predicted molar refractivity (Wildman–Crippen MR) is 146 cm³/mol. The molecule has 3 heterocycles. The molecule has 11 heteroatoms. The third-order valence-corrected chi connectivity index (χ3v) is 7.41. The summed E-state index contributed by atoms with van der Waals surface area (Å²) in [7, 11) is 1.49. The second-order valence-corrected chi connectivity index (χ2v) is 10.2. The number of carboxylic acid groups (broad SMARTS) is 1. The molecule has 2 amide bonds. The Morgan fingerprint density at radius 3 is 2.67 bits per heavy atom. The Kier molecular flexibility index (Phi) is 10.7. The van der Waals surface area contributed by atoms with Gasteiger partial charge in [-0.15, -0.1) is 0 Å². The van der Waals surface area contributed by atoms with Crippen LogP contribution in [0.5, 0.6) is 11.5 Å². The number of carbonyl (C=O) groups excluding carboxylic acids is 2. The zero-order valence-corrected chi connectivity index (χ0v) is 23.2. The summed E-state index contributed by atoms with van der Waals surface area (Å²) in [6.45, 7) is 5.08. The van der Waals surface area contributed by atoms with Gasteiger partial charge in [0.1, 0.15) is 6.61 Å². The number of hydrogen-bond donors (Lipinski definition) is 1. The van der Waals surface area contributed by atoms with Crippen molar-refractivity contribution in [2.24, 2.45) is 0 Å². The summed E-state index contributed by atoms with van der Waals surface area (Å²) in [5, 5.41) is 8.85. The van der Waals surface area contributed by atoms with Gasteiger partial charge in [-0.05, 0) is 63.9 Å². The summed E-state index contributed by atoms with van der Waals surface area (Å²) in [5.74, 6) is -0.314. The number of nitrogens with zero attached hydrogens (tertiary/aromatic N) is 2. The molecular weight excluding hydrogens is 520 g/mol. The molecule has 0 spiro atoms. The Balaban J connectivity index is 1.71. The molecule has 2 saturated heterocycles. The van der Waals surface area contributed by atoms with E-state index >= 15 is 0 Å². The van der Waals surface area contributed by atoms with Crippen LogP contribution in [0, 0.1) is 0 Å². The number of ether oxygens (including phenoxy) is 5. The highest BCUT2D eigenvalue weighted by Gasteiger charge is 2.46. The van der Waals surface area contributed by atoms with Gasteiger partial charge in [0.15, 0.2) is 24.0 Å². The minimum Gasteiger partial charge on any atom is -0.493 e. The summed E-state index contributed by atoms with van der Waals surface area (Å²) in [6, 6.07) is 2.85. The molecule has 1 N–H and O–H groups in total. The van der Waals surface area contributed by atoms with Gasteiger partial charge in [0.05, 0.1) is 31.0 Å². The molecule has 3 aliphatic heterocycles. The van der Waals surface area contributed by atoms with Gasteiger partial charge in [0, 0.05) is 25.6 Å². The normalized spacial score (nSPS) is 22.5. The third kappa shape index (κ3) is 7.06. The van der Waals surface area contributed by atoms with E-state index < -0.39 is 24.6 Å². The lowest BCUT2D eigenvalue weighted by atomic mass is 10.00. The lowest BCUT2D eigenvalue weighted by molar-refractivity contribution is -0.198. The molecule has 3 aliphatic rings. The molecule has 11 nitrogen and oxygen atoms in total. The van der Waals surface area contributed by atoms with Crippen LogP contribution in [0.1, 0.15) is 74.6 Å². The summed E-state index contributed by atoms with van der Waals surface area (Å²) < 4.78 is 29.5. The largest absolute Gasteiger partial charge is 0.493 e. The zero-order valence-electron chi connectivity index (χ0n) is 23.2. The van der Waals surface area contributed by atoms with E-state index in [1.165, 1.54) is 18.1 Å². The van der Waals surface area contributed by atoms with Crippen LogP contribution in [0.4, 0.5) is 10.5 Å². The van der Waals surface area contributed by atoms with Gasteiger partial charge in [-0.1, -0.05) is 12.7 Å². The molecule has 3 atom stereocenters. The molecule has 0 bridgehead atoms. The number of rotatable bonds is 12. The maximum atomic E-state index is 14.0. The van der Waals surface area contributed by atoms with Crippen LogP contribution in [0.15, 0.2) is 24.8 Å². The average Bonchev–Trinajstić information content (AvgIpc) is 3.06. The van der Waals surface area contributed by atoms with Crippen molar-refractivity contribution in [3.8, 4) is 11.5 Å². The van der Waals surface area contributed by atoms with E-state index in [9.17, 15) is 14.4 Å². The predicted octanol–water partition coefficient (Wildman–Crippen LogP) is 4.73. The second kappa shape index (κ2) is 14.4. The van der Waals surface area contributed by atoms with Gasteiger partial charge in [-0.2, -0.15) is 0 Å². The van der Waals surface area contributed by atoms with Gasteiger partial charge in [-0.25, -0.2) is 9.69 Å². The molecule has 0 aliphatic carbocycles. The van der Waals surface area contributed by atoms with Crippen LogP contribution in [0.2, 0.25) is 0 Å². The molecule has 2 unspecified atom stereocenters. The average molecular weight is 561 g/mol. The lowest BCUT2D eigenvalue weighted by Crippen LogP contribution is -2.57. The maximum Gasteiger partial charge on any atom is 0.416 e. The number of hydrogen-bond acceptors (Lipinski definition) is 8. The van der Waals surface area contributed by atoms with E-state index in [2.05, 4.69) is 6.58 Å². The van der Waals surface area contributed by atoms with Crippen LogP contribution in [0.25, 0.3) is 0 Å². The van der Waals surface area contributed by atoms with Crippen molar-refractivity contribution < 1.29 is 43.2 Å². The number of anilines is 1. The Labute approximate surface area is 234 Å². The SMILES string of the molecule is C=CCOC(=O)N1c2cc(OCCCCCC(=O)O)c(OC)cc2C(=O)N2CCCC[C@H]2C1OC1CCCCO1. The smallest absolute Gasteiger partial charge is 0.416 e. The van der Waals surface area contributed by atoms with E-state index in [-0.39, 0.29) is 25.0 Å². The molecule has 40 heavy (non-hydrogen) atoms.